The van der Waals surface area contributed by atoms with Gasteiger partial charge in [0, 0.05) is 0 Å². The molecule has 1 aromatic heterocycles. The average molecular weight is 209 g/mol. The second-order valence-electron chi connectivity index (χ2n) is 2.46. The lowest BCUT2D eigenvalue weighted by atomic mass is 10.3. The Kier molecular flexibility index (Phi) is 2.28. The third-order valence-electron chi connectivity index (χ3n) is 1.58. The van der Waals surface area contributed by atoms with Crippen molar-refractivity contribution in [2.75, 3.05) is 0 Å². The number of nitrogens with zero attached hydrogens (tertiary/aromatic N) is 3. The summed E-state index contributed by atoms with van der Waals surface area (Å²) in [6, 6.07) is 9.67. The normalized spacial score (nSPS) is 10.3. The quantitative estimate of drug-likeness (QED) is 0.702. The lowest BCUT2D eigenvalue weighted by molar-refractivity contribution is 0.777. The zero-order valence-electron chi connectivity index (χ0n) is 6.62. The van der Waals surface area contributed by atoms with Gasteiger partial charge in [0.2, 0.25) is 5.16 Å². The van der Waals surface area contributed by atoms with E-state index in [2.05, 4.69) is 35.3 Å². The number of thiol groups is 2. The van der Waals surface area contributed by atoms with E-state index < -0.39 is 0 Å². The van der Waals surface area contributed by atoms with Crippen molar-refractivity contribution in [3.05, 3.63) is 30.3 Å². The van der Waals surface area contributed by atoms with Crippen LogP contribution < -0.4 is 0 Å². The molecule has 3 nitrogen and oxygen atoms in total. The monoisotopic (exact) mass is 209 g/mol. The molecule has 13 heavy (non-hydrogen) atoms. The summed E-state index contributed by atoms with van der Waals surface area (Å²) < 4.78 is 1.63. The van der Waals surface area contributed by atoms with E-state index in [1.54, 1.807) is 4.68 Å². The molecular weight excluding hydrogens is 202 g/mol. The van der Waals surface area contributed by atoms with Crippen molar-refractivity contribution in [1.82, 2.24) is 14.8 Å². The van der Waals surface area contributed by atoms with Crippen LogP contribution in [0.5, 0.6) is 0 Å². The molecule has 2 aromatic rings. The third kappa shape index (κ3) is 1.71. The molecule has 0 spiro atoms. The summed E-state index contributed by atoms with van der Waals surface area (Å²) in [5, 5.41) is 5.04. The zero-order valence-corrected chi connectivity index (χ0v) is 8.41. The maximum Gasteiger partial charge on any atom is 0.206 e. The van der Waals surface area contributed by atoms with E-state index in [4.69, 9.17) is 0 Å². The molecular formula is C8H7N3S2. The first kappa shape index (κ1) is 8.65. The summed E-state index contributed by atoms with van der Waals surface area (Å²) in [5.74, 6) is 0. The van der Waals surface area contributed by atoms with Crippen LogP contribution in [0.1, 0.15) is 0 Å². The minimum absolute atomic E-state index is 0.425. The zero-order chi connectivity index (χ0) is 9.26. The molecule has 5 heteroatoms. The van der Waals surface area contributed by atoms with Crippen LogP contribution in [0.2, 0.25) is 0 Å². The van der Waals surface area contributed by atoms with Gasteiger partial charge in [0.15, 0.2) is 5.16 Å². The molecule has 0 N–H and O–H groups in total. The predicted octanol–water partition coefficient (Wildman–Crippen LogP) is 1.84. The van der Waals surface area contributed by atoms with Crippen molar-refractivity contribution in [2.45, 2.75) is 10.3 Å². The molecule has 0 fully saturated rings. The van der Waals surface area contributed by atoms with E-state index in [1.165, 1.54) is 0 Å². The lowest BCUT2D eigenvalue weighted by Gasteiger charge is -1.99. The molecule has 0 saturated carbocycles. The van der Waals surface area contributed by atoms with Gasteiger partial charge in [-0.1, -0.05) is 18.2 Å². The molecule has 1 heterocycles. The molecule has 0 aliphatic heterocycles. The highest BCUT2D eigenvalue weighted by Crippen LogP contribution is 2.13. The minimum Gasteiger partial charge on any atom is -0.207 e. The Hall–Kier alpha value is -0.940. The van der Waals surface area contributed by atoms with Gasteiger partial charge in [0.1, 0.15) is 0 Å². The maximum atomic E-state index is 4.17. The summed E-state index contributed by atoms with van der Waals surface area (Å²) in [4.78, 5) is 3.97. The Morgan fingerprint density at radius 2 is 1.77 bits per heavy atom. The van der Waals surface area contributed by atoms with E-state index in [9.17, 15) is 0 Å². The maximum absolute atomic E-state index is 4.17. The molecule has 0 bridgehead atoms. The smallest absolute Gasteiger partial charge is 0.206 e. The van der Waals surface area contributed by atoms with E-state index in [1.807, 2.05) is 30.3 Å². The number of hydrogen-bond donors (Lipinski definition) is 2. The Balaban J connectivity index is 2.53. The molecule has 0 radical (unpaired) electrons. The van der Waals surface area contributed by atoms with Gasteiger partial charge in [-0.15, -0.1) is 30.4 Å². The van der Waals surface area contributed by atoms with Gasteiger partial charge in [-0.25, -0.2) is 4.68 Å². The highest BCUT2D eigenvalue weighted by atomic mass is 32.1. The topological polar surface area (TPSA) is 30.7 Å². The average Bonchev–Trinajstić information content (AvgIpc) is 2.47. The van der Waals surface area contributed by atoms with Crippen LogP contribution in [-0.2, 0) is 0 Å². The second-order valence-corrected chi connectivity index (χ2v) is 3.26. The van der Waals surface area contributed by atoms with Crippen LogP contribution in [0.25, 0.3) is 5.69 Å². The van der Waals surface area contributed by atoms with Crippen LogP contribution in [0.15, 0.2) is 40.6 Å². The van der Waals surface area contributed by atoms with Crippen LogP contribution in [-0.4, -0.2) is 14.8 Å². The van der Waals surface area contributed by atoms with Gasteiger partial charge < -0.3 is 0 Å². The third-order valence-corrected chi connectivity index (χ3v) is 2.06. The van der Waals surface area contributed by atoms with E-state index in [-0.39, 0.29) is 0 Å². The van der Waals surface area contributed by atoms with Crippen molar-refractivity contribution < 1.29 is 0 Å². The van der Waals surface area contributed by atoms with Crippen LogP contribution >= 0.6 is 25.3 Å². The van der Waals surface area contributed by atoms with Crippen LogP contribution in [0.3, 0.4) is 0 Å². The fourth-order valence-corrected chi connectivity index (χ4v) is 1.55. The SMILES string of the molecule is Sc1nc(S)n(-c2ccccc2)n1. The first-order chi connectivity index (χ1) is 6.27. The Morgan fingerprint density at radius 3 is 2.31 bits per heavy atom. The number of aromatic nitrogens is 3. The van der Waals surface area contributed by atoms with Crippen LogP contribution in [0.4, 0.5) is 0 Å². The lowest BCUT2D eigenvalue weighted by Crippen LogP contribution is -1.96. The molecule has 0 amide bonds. The molecule has 0 aliphatic carbocycles. The second kappa shape index (κ2) is 3.43. The van der Waals surface area contributed by atoms with Gasteiger partial charge >= 0.3 is 0 Å². The van der Waals surface area contributed by atoms with Crippen molar-refractivity contribution >= 4 is 25.3 Å². The largest absolute Gasteiger partial charge is 0.207 e. The number of hydrogen-bond acceptors (Lipinski definition) is 4. The van der Waals surface area contributed by atoms with Crippen molar-refractivity contribution in [3.63, 3.8) is 0 Å². The summed E-state index contributed by atoms with van der Waals surface area (Å²) in [7, 11) is 0. The standard InChI is InChI=1S/C8H7N3S2/c12-7-9-8(13)11(10-7)6-4-2-1-3-5-6/h1-5H,(H2,9,10,12,13). The molecule has 0 atom stereocenters. The van der Waals surface area contributed by atoms with Gasteiger partial charge in [-0.3, -0.25) is 0 Å². The minimum atomic E-state index is 0.425. The fourth-order valence-electron chi connectivity index (χ4n) is 1.04. The first-order valence-corrected chi connectivity index (χ1v) is 4.57. The summed E-state index contributed by atoms with van der Waals surface area (Å²) in [6.45, 7) is 0. The van der Waals surface area contributed by atoms with E-state index >= 15 is 0 Å². The highest BCUT2D eigenvalue weighted by Gasteiger charge is 2.04. The summed E-state index contributed by atoms with van der Waals surface area (Å²) in [6.07, 6.45) is 0. The van der Waals surface area contributed by atoms with Crippen molar-refractivity contribution in [3.8, 4) is 5.69 Å². The van der Waals surface area contributed by atoms with E-state index in [0.29, 0.717) is 10.3 Å². The number of benzene rings is 1. The van der Waals surface area contributed by atoms with Gasteiger partial charge in [0.05, 0.1) is 5.69 Å². The van der Waals surface area contributed by atoms with Gasteiger partial charge in [-0.2, -0.15) is 4.98 Å². The van der Waals surface area contributed by atoms with Crippen LogP contribution in [0, 0.1) is 0 Å². The fraction of sp³-hybridized carbons (Fsp3) is 0. The predicted molar refractivity (Wildman–Crippen MR) is 55.9 cm³/mol. The Labute approximate surface area is 86.6 Å². The molecule has 1 aromatic carbocycles. The molecule has 2 rings (SSSR count). The van der Waals surface area contributed by atoms with Crippen molar-refractivity contribution in [1.29, 1.82) is 0 Å². The van der Waals surface area contributed by atoms with E-state index in [0.717, 1.165) is 5.69 Å². The number of rotatable bonds is 1. The molecule has 0 unspecified atom stereocenters. The summed E-state index contributed by atoms with van der Waals surface area (Å²) in [5.41, 5.74) is 0.931. The molecule has 0 saturated heterocycles. The van der Waals surface area contributed by atoms with Gasteiger partial charge in [-0.05, 0) is 12.1 Å². The molecule has 66 valence electrons. The van der Waals surface area contributed by atoms with Crippen molar-refractivity contribution in [2.24, 2.45) is 0 Å². The Bertz CT molecular complexity index is 411. The van der Waals surface area contributed by atoms with Gasteiger partial charge in [0.25, 0.3) is 0 Å². The number of para-hydroxylation sites is 1. The first-order valence-electron chi connectivity index (χ1n) is 3.68. The summed E-state index contributed by atoms with van der Waals surface area (Å²) >= 11 is 8.20. The highest BCUT2D eigenvalue weighted by molar-refractivity contribution is 7.80. The molecule has 0 aliphatic rings. The Morgan fingerprint density at radius 1 is 1.08 bits per heavy atom.